The fourth-order valence-corrected chi connectivity index (χ4v) is 2.51. The number of rotatable bonds is 5. The van der Waals surface area contributed by atoms with Crippen molar-refractivity contribution in [2.45, 2.75) is 39.7 Å². The molecule has 1 aromatic rings. The Kier molecular flexibility index (Phi) is 6.69. The van der Waals surface area contributed by atoms with Crippen molar-refractivity contribution in [1.29, 1.82) is 0 Å². The van der Waals surface area contributed by atoms with Crippen molar-refractivity contribution < 1.29 is 14.3 Å². The van der Waals surface area contributed by atoms with Gasteiger partial charge in [-0.2, -0.15) is 0 Å². The third-order valence-electron chi connectivity index (χ3n) is 3.09. The first kappa shape index (κ1) is 18.8. The number of nitrogens with zero attached hydrogens (tertiary/aromatic N) is 1. The monoisotopic (exact) mass is 345 g/mol. The highest BCUT2D eigenvalue weighted by Crippen LogP contribution is 2.26. The molecule has 1 amide bonds. The number of benzene rings is 1. The van der Waals surface area contributed by atoms with Gasteiger partial charge in [-0.3, -0.25) is 9.59 Å². The highest BCUT2D eigenvalue weighted by atomic mass is 35.5. The van der Waals surface area contributed by atoms with Crippen molar-refractivity contribution in [3.8, 4) is 0 Å². The standard InChI is InChI=1S/C16H21Cl2NO3/c1-5-22-15(21)10-19(16(2,3)4)14(20)9-11-12(17)7-6-8-13(11)18/h6-8H,5,9-10H2,1-4H3. The van der Waals surface area contributed by atoms with Gasteiger partial charge in [0.05, 0.1) is 13.0 Å². The lowest BCUT2D eigenvalue weighted by atomic mass is 10.0. The van der Waals surface area contributed by atoms with E-state index >= 15 is 0 Å². The summed E-state index contributed by atoms with van der Waals surface area (Å²) in [6.45, 7) is 7.49. The van der Waals surface area contributed by atoms with E-state index in [1.807, 2.05) is 20.8 Å². The van der Waals surface area contributed by atoms with Gasteiger partial charge in [0.2, 0.25) is 5.91 Å². The van der Waals surface area contributed by atoms with Gasteiger partial charge in [-0.15, -0.1) is 0 Å². The van der Waals surface area contributed by atoms with E-state index < -0.39 is 11.5 Å². The minimum absolute atomic E-state index is 0.0369. The van der Waals surface area contributed by atoms with Crippen LogP contribution in [0.5, 0.6) is 0 Å². The zero-order valence-electron chi connectivity index (χ0n) is 13.3. The first-order valence-corrected chi connectivity index (χ1v) is 7.81. The lowest BCUT2D eigenvalue weighted by Gasteiger charge is -2.35. The highest BCUT2D eigenvalue weighted by molar-refractivity contribution is 6.36. The summed E-state index contributed by atoms with van der Waals surface area (Å²) < 4.78 is 4.93. The number of carbonyl (C=O) groups is 2. The van der Waals surface area contributed by atoms with Crippen molar-refractivity contribution in [3.63, 3.8) is 0 Å². The second-order valence-corrected chi connectivity index (χ2v) is 6.65. The van der Waals surface area contributed by atoms with Crippen molar-refractivity contribution in [1.82, 2.24) is 4.90 Å². The van der Waals surface area contributed by atoms with Crippen LogP contribution in [0.25, 0.3) is 0 Å². The van der Waals surface area contributed by atoms with Crippen molar-refractivity contribution >= 4 is 35.1 Å². The van der Waals surface area contributed by atoms with Gasteiger partial charge in [0.15, 0.2) is 0 Å². The molecule has 0 N–H and O–H groups in total. The van der Waals surface area contributed by atoms with E-state index in [4.69, 9.17) is 27.9 Å². The van der Waals surface area contributed by atoms with E-state index in [9.17, 15) is 9.59 Å². The molecule has 122 valence electrons. The highest BCUT2D eigenvalue weighted by Gasteiger charge is 2.29. The van der Waals surface area contributed by atoms with Gasteiger partial charge in [-0.05, 0) is 45.4 Å². The molecule has 0 unspecified atom stereocenters. The quantitative estimate of drug-likeness (QED) is 0.764. The van der Waals surface area contributed by atoms with Crippen LogP contribution in [0.2, 0.25) is 10.0 Å². The zero-order valence-corrected chi connectivity index (χ0v) is 14.8. The van der Waals surface area contributed by atoms with Gasteiger partial charge in [-0.1, -0.05) is 29.3 Å². The third kappa shape index (κ3) is 5.18. The SMILES string of the molecule is CCOC(=O)CN(C(=O)Cc1c(Cl)cccc1Cl)C(C)(C)C. The predicted octanol–water partition coefficient (Wildman–Crippen LogP) is 3.73. The molecule has 0 radical (unpaired) electrons. The summed E-state index contributed by atoms with van der Waals surface area (Å²) in [5.74, 6) is -0.661. The molecule has 0 aliphatic heterocycles. The molecule has 22 heavy (non-hydrogen) atoms. The molecule has 0 bridgehead atoms. The predicted molar refractivity (Wildman–Crippen MR) is 88.3 cm³/mol. The zero-order chi connectivity index (χ0) is 16.9. The number of amides is 1. The van der Waals surface area contributed by atoms with Gasteiger partial charge in [0.25, 0.3) is 0 Å². The molecular formula is C16H21Cl2NO3. The summed E-state index contributed by atoms with van der Waals surface area (Å²) in [5.41, 5.74) is 0.0475. The molecule has 0 spiro atoms. The maximum atomic E-state index is 12.6. The Morgan fingerprint density at radius 3 is 2.18 bits per heavy atom. The number of halogens is 2. The van der Waals surface area contributed by atoms with Gasteiger partial charge in [0, 0.05) is 15.6 Å². The van der Waals surface area contributed by atoms with Crippen LogP contribution in [0.4, 0.5) is 0 Å². The fourth-order valence-electron chi connectivity index (χ4n) is 1.98. The van der Waals surface area contributed by atoms with E-state index in [2.05, 4.69) is 0 Å². The van der Waals surface area contributed by atoms with Crippen LogP contribution >= 0.6 is 23.2 Å². The summed E-state index contributed by atoms with van der Waals surface area (Å²) in [4.78, 5) is 25.8. The topological polar surface area (TPSA) is 46.6 Å². The normalized spacial score (nSPS) is 11.2. The molecule has 0 atom stereocenters. The third-order valence-corrected chi connectivity index (χ3v) is 3.80. The van der Waals surface area contributed by atoms with E-state index in [1.165, 1.54) is 4.90 Å². The summed E-state index contributed by atoms with van der Waals surface area (Å²) in [6.07, 6.45) is 0.0369. The number of esters is 1. The van der Waals surface area contributed by atoms with Crippen LogP contribution in [0, 0.1) is 0 Å². The first-order chi connectivity index (χ1) is 10.2. The average Bonchev–Trinajstić information content (AvgIpc) is 2.39. The van der Waals surface area contributed by atoms with Crippen LogP contribution < -0.4 is 0 Å². The number of hydrogen-bond donors (Lipinski definition) is 0. The molecule has 0 aromatic heterocycles. The fraction of sp³-hybridized carbons (Fsp3) is 0.500. The number of carbonyl (C=O) groups excluding carboxylic acids is 2. The van der Waals surface area contributed by atoms with Crippen LogP contribution in [0.15, 0.2) is 18.2 Å². The summed E-state index contributed by atoms with van der Waals surface area (Å²) >= 11 is 12.2. The molecule has 0 saturated carbocycles. The van der Waals surface area contributed by atoms with E-state index in [0.717, 1.165) is 0 Å². The lowest BCUT2D eigenvalue weighted by Crippen LogP contribution is -2.49. The maximum absolute atomic E-state index is 12.6. The second-order valence-electron chi connectivity index (χ2n) is 5.83. The molecule has 0 aliphatic rings. The first-order valence-electron chi connectivity index (χ1n) is 7.05. The van der Waals surface area contributed by atoms with E-state index in [0.29, 0.717) is 15.6 Å². The average molecular weight is 346 g/mol. The Morgan fingerprint density at radius 2 is 1.73 bits per heavy atom. The smallest absolute Gasteiger partial charge is 0.325 e. The van der Waals surface area contributed by atoms with Gasteiger partial charge in [-0.25, -0.2) is 0 Å². The number of hydrogen-bond acceptors (Lipinski definition) is 3. The van der Waals surface area contributed by atoms with Crippen LogP contribution in [0.3, 0.4) is 0 Å². The molecule has 0 aliphatic carbocycles. The van der Waals surface area contributed by atoms with Crippen molar-refractivity contribution in [2.24, 2.45) is 0 Å². The molecule has 6 heteroatoms. The lowest BCUT2D eigenvalue weighted by molar-refractivity contribution is -0.152. The van der Waals surface area contributed by atoms with Gasteiger partial charge >= 0.3 is 5.97 Å². The largest absolute Gasteiger partial charge is 0.465 e. The minimum atomic E-state index is -0.516. The van der Waals surface area contributed by atoms with Crippen molar-refractivity contribution in [2.75, 3.05) is 13.2 Å². The van der Waals surface area contributed by atoms with Gasteiger partial charge in [0.1, 0.15) is 6.54 Å². The van der Waals surface area contributed by atoms with Crippen LogP contribution in [-0.2, 0) is 20.7 Å². The Hall–Kier alpha value is -1.26. The minimum Gasteiger partial charge on any atom is -0.465 e. The van der Waals surface area contributed by atoms with Crippen LogP contribution in [0.1, 0.15) is 33.3 Å². The second kappa shape index (κ2) is 7.84. The Balaban J connectivity index is 2.96. The van der Waals surface area contributed by atoms with E-state index in [-0.39, 0.29) is 25.5 Å². The number of ether oxygens (including phenoxy) is 1. The summed E-state index contributed by atoms with van der Waals surface area (Å²) in [6, 6.07) is 5.09. The molecule has 1 aromatic carbocycles. The molecular weight excluding hydrogens is 325 g/mol. The van der Waals surface area contributed by atoms with Crippen LogP contribution in [-0.4, -0.2) is 35.5 Å². The summed E-state index contributed by atoms with van der Waals surface area (Å²) in [5, 5.41) is 0.872. The Labute approximate surface area is 141 Å². The van der Waals surface area contributed by atoms with Gasteiger partial charge < -0.3 is 9.64 Å². The summed E-state index contributed by atoms with van der Waals surface area (Å²) in [7, 11) is 0. The van der Waals surface area contributed by atoms with E-state index in [1.54, 1.807) is 25.1 Å². The molecule has 1 rings (SSSR count). The molecule has 0 fully saturated rings. The molecule has 4 nitrogen and oxygen atoms in total. The molecule has 0 saturated heterocycles. The molecule has 0 heterocycles. The van der Waals surface area contributed by atoms with Crippen molar-refractivity contribution in [3.05, 3.63) is 33.8 Å². The maximum Gasteiger partial charge on any atom is 0.325 e. The Morgan fingerprint density at radius 1 is 1.18 bits per heavy atom. The Bertz CT molecular complexity index is 533.